The van der Waals surface area contributed by atoms with E-state index in [-0.39, 0.29) is 0 Å². The number of carboxylic acid groups (broad SMARTS) is 1. The summed E-state index contributed by atoms with van der Waals surface area (Å²) in [4.78, 5) is 19.6. The van der Waals surface area contributed by atoms with Crippen molar-refractivity contribution in [3.05, 3.63) is 0 Å². The third-order valence-electron chi connectivity index (χ3n) is 1.02. The number of hydrogen-bond donors (Lipinski definition) is 2. The highest BCUT2D eigenvalue weighted by molar-refractivity contribution is 5.64. The molecule has 10 heavy (non-hydrogen) atoms. The standard InChI is InChI=1S/C6H11NO3/c8-5-3-1-2-4-7-6(9)10/h5,7H,1-4H2,(H,9,10). The van der Waals surface area contributed by atoms with Crippen molar-refractivity contribution in [1.29, 1.82) is 0 Å². The molecule has 58 valence electrons. The summed E-state index contributed by atoms with van der Waals surface area (Å²) < 4.78 is 0. The fraction of sp³-hybridized carbons (Fsp3) is 0.667. The molecular weight excluding hydrogens is 134 g/mol. The summed E-state index contributed by atoms with van der Waals surface area (Å²) in [5.41, 5.74) is 0. The SMILES string of the molecule is O=CCCCCNC(=O)O. The van der Waals surface area contributed by atoms with E-state index in [4.69, 9.17) is 5.11 Å². The quantitative estimate of drug-likeness (QED) is 0.440. The van der Waals surface area contributed by atoms with E-state index in [9.17, 15) is 9.59 Å². The molecule has 0 aromatic heterocycles. The Kier molecular flexibility index (Phi) is 5.42. The molecule has 4 nitrogen and oxygen atoms in total. The van der Waals surface area contributed by atoms with Crippen LogP contribution in [0.3, 0.4) is 0 Å². The van der Waals surface area contributed by atoms with Gasteiger partial charge in [0.25, 0.3) is 0 Å². The Balaban J connectivity index is 2.90. The summed E-state index contributed by atoms with van der Waals surface area (Å²) in [5, 5.41) is 10.3. The van der Waals surface area contributed by atoms with Gasteiger partial charge in [-0.25, -0.2) is 4.79 Å². The van der Waals surface area contributed by atoms with Gasteiger partial charge in [0, 0.05) is 13.0 Å². The highest BCUT2D eigenvalue weighted by Crippen LogP contribution is 1.89. The molecule has 0 aromatic carbocycles. The summed E-state index contributed by atoms with van der Waals surface area (Å²) >= 11 is 0. The molecule has 0 aliphatic heterocycles. The molecule has 0 bridgehead atoms. The summed E-state index contributed by atoms with van der Waals surface area (Å²) in [6, 6.07) is 0. The van der Waals surface area contributed by atoms with Gasteiger partial charge in [-0.1, -0.05) is 0 Å². The summed E-state index contributed by atoms with van der Waals surface area (Å²) in [6.45, 7) is 0.434. The Hall–Kier alpha value is -1.06. The van der Waals surface area contributed by atoms with Gasteiger partial charge >= 0.3 is 6.09 Å². The average molecular weight is 145 g/mol. The van der Waals surface area contributed by atoms with E-state index >= 15 is 0 Å². The lowest BCUT2D eigenvalue weighted by atomic mass is 10.2. The monoisotopic (exact) mass is 145 g/mol. The van der Waals surface area contributed by atoms with Crippen LogP contribution in [0.25, 0.3) is 0 Å². The largest absolute Gasteiger partial charge is 0.465 e. The van der Waals surface area contributed by atoms with Gasteiger partial charge in [-0.05, 0) is 12.8 Å². The normalized spacial score (nSPS) is 8.80. The van der Waals surface area contributed by atoms with Gasteiger partial charge in [-0.3, -0.25) is 0 Å². The predicted molar refractivity (Wildman–Crippen MR) is 35.9 cm³/mol. The van der Waals surface area contributed by atoms with Gasteiger partial charge in [-0.15, -0.1) is 0 Å². The van der Waals surface area contributed by atoms with Gasteiger partial charge in [-0.2, -0.15) is 0 Å². The first kappa shape index (κ1) is 8.94. The van der Waals surface area contributed by atoms with Crippen LogP contribution < -0.4 is 5.32 Å². The van der Waals surface area contributed by atoms with E-state index in [2.05, 4.69) is 5.32 Å². The molecule has 0 aliphatic carbocycles. The maximum Gasteiger partial charge on any atom is 0.404 e. The zero-order valence-electron chi connectivity index (χ0n) is 5.67. The van der Waals surface area contributed by atoms with Crippen LogP contribution in [-0.4, -0.2) is 24.0 Å². The molecule has 0 radical (unpaired) electrons. The molecule has 0 heterocycles. The first-order valence-corrected chi connectivity index (χ1v) is 3.18. The zero-order chi connectivity index (χ0) is 7.82. The second kappa shape index (κ2) is 6.07. The number of rotatable bonds is 5. The fourth-order valence-corrected chi connectivity index (χ4v) is 0.548. The minimum Gasteiger partial charge on any atom is -0.465 e. The second-order valence-corrected chi connectivity index (χ2v) is 1.89. The Labute approximate surface area is 59.2 Å². The lowest BCUT2D eigenvalue weighted by Crippen LogP contribution is -2.21. The Morgan fingerprint density at radius 1 is 1.50 bits per heavy atom. The van der Waals surface area contributed by atoms with Crippen molar-refractivity contribution in [3.8, 4) is 0 Å². The van der Waals surface area contributed by atoms with Crippen LogP contribution in [-0.2, 0) is 4.79 Å². The maximum absolute atomic E-state index is 9.85. The minimum absolute atomic E-state index is 0.434. The molecule has 0 aromatic rings. The summed E-state index contributed by atoms with van der Waals surface area (Å²) in [6.07, 6.45) is 1.82. The molecule has 0 fully saturated rings. The third kappa shape index (κ3) is 6.94. The van der Waals surface area contributed by atoms with Crippen LogP contribution in [0.1, 0.15) is 19.3 Å². The lowest BCUT2D eigenvalue weighted by Gasteiger charge is -1.96. The van der Waals surface area contributed by atoms with Crippen LogP contribution in [0.5, 0.6) is 0 Å². The Morgan fingerprint density at radius 3 is 2.70 bits per heavy atom. The Morgan fingerprint density at radius 2 is 2.20 bits per heavy atom. The van der Waals surface area contributed by atoms with E-state index in [0.717, 1.165) is 19.1 Å². The van der Waals surface area contributed by atoms with Gasteiger partial charge in [0.05, 0.1) is 0 Å². The van der Waals surface area contributed by atoms with Crippen molar-refractivity contribution in [3.63, 3.8) is 0 Å². The molecule has 2 N–H and O–H groups in total. The predicted octanol–water partition coefficient (Wildman–Crippen LogP) is 0.623. The highest BCUT2D eigenvalue weighted by Gasteiger charge is 1.91. The number of carbonyl (C=O) groups is 2. The van der Waals surface area contributed by atoms with E-state index in [1.807, 2.05) is 0 Å². The molecule has 0 rings (SSSR count). The highest BCUT2D eigenvalue weighted by atomic mass is 16.4. The number of carbonyl (C=O) groups excluding carboxylic acids is 1. The number of nitrogens with one attached hydrogen (secondary N) is 1. The number of hydrogen-bond acceptors (Lipinski definition) is 2. The van der Waals surface area contributed by atoms with E-state index in [1.165, 1.54) is 0 Å². The van der Waals surface area contributed by atoms with Crippen LogP contribution in [0, 0.1) is 0 Å². The molecule has 0 saturated carbocycles. The van der Waals surface area contributed by atoms with Gasteiger partial charge in [0.1, 0.15) is 6.29 Å². The summed E-state index contributed by atoms with van der Waals surface area (Å²) in [5.74, 6) is 0. The van der Waals surface area contributed by atoms with Gasteiger partial charge in [0.2, 0.25) is 0 Å². The molecule has 0 spiro atoms. The second-order valence-electron chi connectivity index (χ2n) is 1.89. The fourth-order valence-electron chi connectivity index (χ4n) is 0.548. The number of aldehydes is 1. The molecular formula is C6H11NO3. The van der Waals surface area contributed by atoms with Gasteiger partial charge < -0.3 is 15.2 Å². The van der Waals surface area contributed by atoms with Crippen molar-refractivity contribution >= 4 is 12.4 Å². The zero-order valence-corrected chi connectivity index (χ0v) is 5.67. The lowest BCUT2D eigenvalue weighted by molar-refractivity contribution is -0.107. The first-order chi connectivity index (χ1) is 4.77. The van der Waals surface area contributed by atoms with Crippen molar-refractivity contribution < 1.29 is 14.7 Å². The minimum atomic E-state index is -1.01. The van der Waals surface area contributed by atoms with Crippen molar-refractivity contribution in [2.75, 3.05) is 6.54 Å². The summed E-state index contributed by atoms with van der Waals surface area (Å²) in [7, 11) is 0. The average Bonchev–Trinajstić information content (AvgIpc) is 1.87. The van der Waals surface area contributed by atoms with E-state index in [0.29, 0.717) is 13.0 Å². The van der Waals surface area contributed by atoms with Crippen molar-refractivity contribution in [2.45, 2.75) is 19.3 Å². The maximum atomic E-state index is 9.85. The van der Waals surface area contributed by atoms with E-state index in [1.54, 1.807) is 0 Å². The first-order valence-electron chi connectivity index (χ1n) is 3.18. The molecule has 4 heteroatoms. The smallest absolute Gasteiger partial charge is 0.404 e. The van der Waals surface area contributed by atoms with Crippen LogP contribution in [0.2, 0.25) is 0 Å². The van der Waals surface area contributed by atoms with E-state index < -0.39 is 6.09 Å². The van der Waals surface area contributed by atoms with Crippen molar-refractivity contribution in [1.82, 2.24) is 5.32 Å². The number of amides is 1. The van der Waals surface area contributed by atoms with Crippen LogP contribution in [0.4, 0.5) is 4.79 Å². The molecule has 0 saturated heterocycles. The van der Waals surface area contributed by atoms with Crippen LogP contribution in [0.15, 0.2) is 0 Å². The molecule has 0 atom stereocenters. The third-order valence-corrected chi connectivity index (χ3v) is 1.02. The number of unbranched alkanes of at least 4 members (excludes halogenated alkanes) is 2. The molecule has 0 unspecified atom stereocenters. The Bertz CT molecular complexity index is 114. The van der Waals surface area contributed by atoms with Gasteiger partial charge in [0.15, 0.2) is 0 Å². The van der Waals surface area contributed by atoms with Crippen molar-refractivity contribution in [2.24, 2.45) is 0 Å². The van der Waals surface area contributed by atoms with Crippen LogP contribution >= 0.6 is 0 Å². The topological polar surface area (TPSA) is 66.4 Å². The molecule has 1 amide bonds. The molecule has 0 aliphatic rings.